The van der Waals surface area contributed by atoms with Gasteiger partial charge in [0, 0.05) is 11.2 Å². The van der Waals surface area contributed by atoms with Crippen molar-refractivity contribution in [2.75, 3.05) is 12.5 Å². The summed E-state index contributed by atoms with van der Waals surface area (Å²) in [4.78, 5) is 0. The van der Waals surface area contributed by atoms with E-state index in [0.29, 0.717) is 0 Å². The van der Waals surface area contributed by atoms with Crippen molar-refractivity contribution in [2.24, 2.45) is 0 Å². The lowest BCUT2D eigenvalue weighted by Crippen LogP contribution is -1.97. The monoisotopic (exact) mass is 290 g/mol. The molecule has 1 aromatic rings. The van der Waals surface area contributed by atoms with Gasteiger partial charge in [-0.1, -0.05) is 28.1 Å². The van der Waals surface area contributed by atoms with Crippen LogP contribution in [0.1, 0.15) is 24.8 Å². The standard InChI is InChI=1S/C12H16BrClO/c13-10-11-4-6-12(7-5-11)15-9-3-1-2-8-14/h4-7H,1-3,8-10H2. The van der Waals surface area contributed by atoms with Gasteiger partial charge in [0.2, 0.25) is 0 Å². The fraction of sp³-hybridized carbons (Fsp3) is 0.500. The summed E-state index contributed by atoms with van der Waals surface area (Å²) in [5, 5.41) is 0.892. The van der Waals surface area contributed by atoms with Crippen molar-refractivity contribution in [1.82, 2.24) is 0 Å². The summed E-state index contributed by atoms with van der Waals surface area (Å²) < 4.78 is 5.59. The third-order valence-corrected chi connectivity index (χ3v) is 3.04. The molecule has 0 spiro atoms. The Labute approximate surface area is 105 Å². The Bertz CT molecular complexity index is 261. The number of rotatable bonds is 7. The molecule has 0 heterocycles. The second-order valence-electron chi connectivity index (χ2n) is 3.38. The van der Waals surface area contributed by atoms with E-state index in [2.05, 4.69) is 28.1 Å². The highest BCUT2D eigenvalue weighted by Crippen LogP contribution is 2.14. The molecular weight excluding hydrogens is 275 g/mol. The van der Waals surface area contributed by atoms with E-state index in [1.807, 2.05) is 12.1 Å². The summed E-state index contributed by atoms with van der Waals surface area (Å²) in [7, 11) is 0. The molecule has 0 N–H and O–H groups in total. The molecule has 0 radical (unpaired) electrons. The number of alkyl halides is 2. The number of benzene rings is 1. The van der Waals surface area contributed by atoms with Crippen LogP contribution in [-0.2, 0) is 5.33 Å². The zero-order chi connectivity index (χ0) is 10.9. The van der Waals surface area contributed by atoms with Crippen molar-refractivity contribution < 1.29 is 4.74 Å². The topological polar surface area (TPSA) is 9.23 Å². The van der Waals surface area contributed by atoms with Crippen LogP contribution in [0.5, 0.6) is 5.75 Å². The number of unbranched alkanes of at least 4 members (excludes halogenated alkanes) is 2. The van der Waals surface area contributed by atoms with Crippen LogP contribution in [0.2, 0.25) is 0 Å². The third kappa shape index (κ3) is 5.43. The Morgan fingerprint density at radius 1 is 1.07 bits per heavy atom. The summed E-state index contributed by atoms with van der Waals surface area (Å²) in [5.41, 5.74) is 1.27. The average Bonchev–Trinajstić information content (AvgIpc) is 2.30. The largest absolute Gasteiger partial charge is 0.494 e. The number of hydrogen-bond donors (Lipinski definition) is 0. The van der Waals surface area contributed by atoms with Gasteiger partial charge in [-0.2, -0.15) is 0 Å². The summed E-state index contributed by atoms with van der Waals surface area (Å²) in [6, 6.07) is 8.17. The molecule has 0 bridgehead atoms. The molecule has 0 unspecified atom stereocenters. The van der Waals surface area contributed by atoms with Crippen LogP contribution in [0.4, 0.5) is 0 Å². The van der Waals surface area contributed by atoms with Crippen LogP contribution in [0.25, 0.3) is 0 Å². The van der Waals surface area contributed by atoms with E-state index in [-0.39, 0.29) is 0 Å². The molecule has 15 heavy (non-hydrogen) atoms. The number of halogens is 2. The molecule has 0 saturated heterocycles. The molecule has 1 nitrogen and oxygen atoms in total. The quantitative estimate of drug-likeness (QED) is 0.535. The summed E-state index contributed by atoms with van der Waals surface area (Å²) >= 11 is 9.00. The first-order chi connectivity index (χ1) is 7.36. The Morgan fingerprint density at radius 2 is 1.80 bits per heavy atom. The van der Waals surface area contributed by atoms with Crippen molar-refractivity contribution in [1.29, 1.82) is 0 Å². The number of hydrogen-bond acceptors (Lipinski definition) is 1. The fourth-order valence-electron chi connectivity index (χ4n) is 1.24. The van der Waals surface area contributed by atoms with Gasteiger partial charge >= 0.3 is 0 Å². The van der Waals surface area contributed by atoms with E-state index in [9.17, 15) is 0 Å². The van der Waals surface area contributed by atoms with Crippen LogP contribution in [-0.4, -0.2) is 12.5 Å². The normalized spacial score (nSPS) is 10.3. The summed E-state index contributed by atoms with van der Waals surface area (Å²) in [6.07, 6.45) is 3.29. The second kappa shape index (κ2) is 8.00. The van der Waals surface area contributed by atoms with E-state index in [4.69, 9.17) is 16.3 Å². The molecule has 1 aromatic carbocycles. The minimum Gasteiger partial charge on any atom is -0.494 e. The predicted molar refractivity (Wildman–Crippen MR) is 69.1 cm³/mol. The van der Waals surface area contributed by atoms with Gasteiger partial charge in [-0.25, -0.2) is 0 Å². The summed E-state index contributed by atoms with van der Waals surface area (Å²) in [6.45, 7) is 0.782. The highest BCUT2D eigenvalue weighted by atomic mass is 79.9. The van der Waals surface area contributed by atoms with Crippen LogP contribution in [0, 0.1) is 0 Å². The lowest BCUT2D eigenvalue weighted by atomic mass is 10.2. The van der Waals surface area contributed by atoms with Crippen LogP contribution in [0.3, 0.4) is 0 Å². The molecule has 0 aromatic heterocycles. The van der Waals surface area contributed by atoms with Crippen LogP contribution in [0.15, 0.2) is 24.3 Å². The highest BCUT2D eigenvalue weighted by Gasteiger charge is 1.94. The zero-order valence-corrected chi connectivity index (χ0v) is 11.1. The SMILES string of the molecule is ClCCCCCOc1ccc(CBr)cc1. The lowest BCUT2D eigenvalue weighted by molar-refractivity contribution is 0.306. The van der Waals surface area contributed by atoms with Gasteiger partial charge in [0.25, 0.3) is 0 Å². The van der Waals surface area contributed by atoms with Gasteiger partial charge < -0.3 is 4.74 Å². The van der Waals surface area contributed by atoms with Crippen LogP contribution >= 0.6 is 27.5 Å². The lowest BCUT2D eigenvalue weighted by Gasteiger charge is -2.05. The Hall–Kier alpha value is -0.210. The van der Waals surface area contributed by atoms with Crippen molar-refractivity contribution in [3.05, 3.63) is 29.8 Å². The Balaban J connectivity index is 2.20. The van der Waals surface area contributed by atoms with E-state index in [1.165, 1.54) is 5.56 Å². The molecule has 3 heteroatoms. The maximum absolute atomic E-state index is 5.59. The maximum atomic E-state index is 5.59. The minimum atomic E-state index is 0.750. The fourth-order valence-corrected chi connectivity index (χ4v) is 1.80. The molecule has 0 aliphatic carbocycles. The van der Waals surface area contributed by atoms with Gasteiger partial charge in [-0.05, 0) is 37.0 Å². The van der Waals surface area contributed by atoms with Gasteiger partial charge in [0.1, 0.15) is 5.75 Å². The van der Waals surface area contributed by atoms with Crippen molar-refractivity contribution in [3.63, 3.8) is 0 Å². The Morgan fingerprint density at radius 3 is 2.40 bits per heavy atom. The number of ether oxygens (including phenoxy) is 1. The molecule has 1 rings (SSSR count). The Kier molecular flexibility index (Phi) is 6.86. The molecule has 0 saturated carbocycles. The van der Waals surface area contributed by atoms with Gasteiger partial charge in [-0.15, -0.1) is 11.6 Å². The molecule has 0 atom stereocenters. The van der Waals surface area contributed by atoms with Gasteiger partial charge in [0.05, 0.1) is 6.61 Å². The molecule has 0 amide bonds. The molecular formula is C12H16BrClO. The average molecular weight is 292 g/mol. The van der Waals surface area contributed by atoms with Crippen molar-refractivity contribution >= 4 is 27.5 Å². The summed E-state index contributed by atoms with van der Waals surface area (Å²) in [5.74, 6) is 1.70. The molecule has 0 aliphatic rings. The zero-order valence-electron chi connectivity index (χ0n) is 8.72. The predicted octanol–water partition coefficient (Wildman–Crippen LogP) is 4.37. The van der Waals surface area contributed by atoms with E-state index < -0.39 is 0 Å². The second-order valence-corrected chi connectivity index (χ2v) is 4.31. The van der Waals surface area contributed by atoms with Crippen molar-refractivity contribution in [3.8, 4) is 5.75 Å². The third-order valence-electron chi connectivity index (χ3n) is 2.12. The van der Waals surface area contributed by atoms with E-state index in [0.717, 1.165) is 42.8 Å². The molecule has 0 aliphatic heterocycles. The van der Waals surface area contributed by atoms with E-state index in [1.54, 1.807) is 0 Å². The molecule has 84 valence electrons. The van der Waals surface area contributed by atoms with Crippen molar-refractivity contribution in [2.45, 2.75) is 24.6 Å². The van der Waals surface area contributed by atoms with Crippen LogP contribution < -0.4 is 4.74 Å². The first-order valence-corrected chi connectivity index (χ1v) is 6.86. The molecule has 0 fully saturated rings. The first kappa shape index (κ1) is 12.9. The van der Waals surface area contributed by atoms with Gasteiger partial charge in [-0.3, -0.25) is 0 Å². The highest BCUT2D eigenvalue weighted by molar-refractivity contribution is 9.08. The smallest absolute Gasteiger partial charge is 0.119 e. The van der Waals surface area contributed by atoms with E-state index >= 15 is 0 Å². The minimum absolute atomic E-state index is 0.750. The van der Waals surface area contributed by atoms with Gasteiger partial charge in [0.15, 0.2) is 0 Å². The maximum Gasteiger partial charge on any atom is 0.119 e. The first-order valence-electron chi connectivity index (χ1n) is 5.20.